The van der Waals surface area contributed by atoms with Crippen molar-refractivity contribution in [2.75, 3.05) is 0 Å². The van der Waals surface area contributed by atoms with Crippen LogP contribution in [0.15, 0.2) is 25.2 Å². The fourth-order valence-electron chi connectivity index (χ4n) is 2.90. The molecule has 0 radical (unpaired) electrons. The summed E-state index contributed by atoms with van der Waals surface area (Å²) in [7, 11) is 0. The minimum atomic E-state index is -0.517. The van der Waals surface area contributed by atoms with E-state index in [0.29, 0.717) is 17.4 Å². The van der Waals surface area contributed by atoms with Crippen LogP contribution in [0.2, 0.25) is 0 Å². The minimum Gasteiger partial charge on any atom is -0.403 e. The Morgan fingerprint density at radius 1 is 1.29 bits per heavy atom. The normalized spacial score (nSPS) is 14.8. The van der Waals surface area contributed by atoms with E-state index in [0.717, 1.165) is 44.2 Å². The molecule has 0 unspecified atom stereocenters. The lowest BCUT2D eigenvalue weighted by Crippen LogP contribution is -2.15. The topological polar surface area (TPSA) is 97.5 Å². The number of aromatic amines is 1. The van der Waals surface area contributed by atoms with E-state index in [2.05, 4.69) is 15.1 Å². The highest BCUT2D eigenvalue weighted by Gasteiger charge is 2.14. The van der Waals surface area contributed by atoms with E-state index in [1.807, 2.05) is 6.92 Å². The van der Waals surface area contributed by atoms with Crippen molar-refractivity contribution in [3.63, 3.8) is 0 Å². The number of oxime groups is 1. The standard InChI is InChI=1S/C17H21N3O4/c1-2-3-7-11-10-13(21)23-16-14(11)15(22)18-17(19-16)24-20-12-8-5-4-6-9-12/h10H,2-9H2,1H3,(H,18,19,22). The van der Waals surface area contributed by atoms with Gasteiger partial charge in [0.25, 0.3) is 5.56 Å². The zero-order valence-corrected chi connectivity index (χ0v) is 13.8. The summed E-state index contributed by atoms with van der Waals surface area (Å²) < 4.78 is 5.08. The molecule has 2 heterocycles. The zero-order chi connectivity index (χ0) is 16.9. The van der Waals surface area contributed by atoms with E-state index in [9.17, 15) is 9.59 Å². The highest BCUT2D eigenvalue weighted by atomic mass is 16.6. The highest BCUT2D eigenvalue weighted by Crippen LogP contribution is 2.17. The number of unbranched alkanes of at least 4 members (excludes halogenated alkanes) is 1. The van der Waals surface area contributed by atoms with Gasteiger partial charge >= 0.3 is 11.6 Å². The van der Waals surface area contributed by atoms with Crippen molar-refractivity contribution in [3.8, 4) is 6.01 Å². The van der Waals surface area contributed by atoms with E-state index in [4.69, 9.17) is 9.25 Å². The van der Waals surface area contributed by atoms with Gasteiger partial charge in [-0.25, -0.2) is 4.79 Å². The third kappa shape index (κ3) is 3.72. The summed E-state index contributed by atoms with van der Waals surface area (Å²) in [6.45, 7) is 2.05. The molecule has 0 atom stereocenters. The van der Waals surface area contributed by atoms with Crippen molar-refractivity contribution in [2.24, 2.45) is 5.16 Å². The molecule has 1 aliphatic carbocycles. The van der Waals surface area contributed by atoms with Gasteiger partial charge in [0.2, 0.25) is 5.71 Å². The van der Waals surface area contributed by atoms with Gasteiger partial charge in [0.05, 0.1) is 5.71 Å². The summed E-state index contributed by atoms with van der Waals surface area (Å²) in [5, 5.41) is 4.37. The van der Waals surface area contributed by atoms with Gasteiger partial charge in [0, 0.05) is 6.07 Å². The first-order valence-electron chi connectivity index (χ1n) is 8.47. The van der Waals surface area contributed by atoms with Crippen LogP contribution in [0.5, 0.6) is 6.01 Å². The average Bonchev–Trinajstić information content (AvgIpc) is 2.58. The van der Waals surface area contributed by atoms with Crippen molar-refractivity contribution < 1.29 is 9.25 Å². The van der Waals surface area contributed by atoms with Crippen LogP contribution >= 0.6 is 0 Å². The lowest BCUT2D eigenvalue weighted by atomic mass is 9.99. The van der Waals surface area contributed by atoms with E-state index < -0.39 is 5.63 Å². The Labute approximate surface area is 138 Å². The van der Waals surface area contributed by atoms with Crippen LogP contribution in [-0.2, 0) is 6.42 Å². The molecule has 1 saturated carbocycles. The van der Waals surface area contributed by atoms with E-state index in [-0.39, 0.29) is 17.3 Å². The Bertz CT molecular complexity index is 858. The Balaban J connectivity index is 1.94. The predicted molar refractivity (Wildman–Crippen MR) is 90.7 cm³/mol. The average molecular weight is 331 g/mol. The SMILES string of the molecule is CCCCc1cc(=O)oc2nc(ON=C3CCCCC3)[nH]c(=O)c12. The Morgan fingerprint density at radius 3 is 2.83 bits per heavy atom. The molecule has 0 amide bonds. The first-order chi connectivity index (χ1) is 11.7. The Morgan fingerprint density at radius 2 is 2.08 bits per heavy atom. The maximum atomic E-state index is 12.4. The predicted octanol–water partition coefficient (Wildman–Crippen LogP) is 2.92. The summed E-state index contributed by atoms with van der Waals surface area (Å²) in [5.41, 5.74) is 0.713. The van der Waals surface area contributed by atoms with Gasteiger partial charge in [-0.3, -0.25) is 9.78 Å². The second-order valence-corrected chi connectivity index (χ2v) is 6.05. The number of nitrogens with zero attached hydrogens (tertiary/aromatic N) is 2. The zero-order valence-electron chi connectivity index (χ0n) is 13.8. The molecule has 128 valence electrons. The van der Waals surface area contributed by atoms with Crippen molar-refractivity contribution in [1.29, 1.82) is 0 Å². The second-order valence-electron chi connectivity index (χ2n) is 6.05. The molecule has 3 rings (SSSR count). The Hall–Kier alpha value is -2.44. The maximum absolute atomic E-state index is 12.4. The van der Waals surface area contributed by atoms with Crippen LogP contribution in [0.4, 0.5) is 0 Å². The lowest BCUT2D eigenvalue weighted by Gasteiger charge is -2.11. The molecule has 2 aromatic rings. The molecule has 7 nitrogen and oxygen atoms in total. The molecule has 0 saturated heterocycles. The summed E-state index contributed by atoms with van der Waals surface area (Å²) >= 11 is 0. The summed E-state index contributed by atoms with van der Waals surface area (Å²) in [6.07, 6.45) is 7.67. The molecule has 2 aromatic heterocycles. The molecular weight excluding hydrogens is 310 g/mol. The van der Waals surface area contributed by atoms with Gasteiger partial charge in [0.1, 0.15) is 5.39 Å². The first kappa shape index (κ1) is 16.4. The number of rotatable bonds is 5. The van der Waals surface area contributed by atoms with Crippen LogP contribution < -0.4 is 16.0 Å². The summed E-state index contributed by atoms with van der Waals surface area (Å²) in [4.78, 5) is 36.0. The molecule has 0 spiro atoms. The van der Waals surface area contributed by atoms with Gasteiger partial charge in [-0.15, -0.1) is 0 Å². The molecule has 7 heteroatoms. The van der Waals surface area contributed by atoms with E-state index in [1.54, 1.807) is 0 Å². The van der Waals surface area contributed by atoms with Crippen molar-refractivity contribution in [1.82, 2.24) is 9.97 Å². The van der Waals surface area contributed by atoms with Gasteiger partial charge in [-0.05, 0) is 44.1 Å². The molecule has 24 heavy (non-hydrogen) atoms. The van der Waals surface area contributed by atoms with Gasteiger partial charge < -0.3 is 9.25 Å². The fourth-order valence-corrected chi connectivity index (χ4v) is 2.90. The van der Waals surface area contributed by atoms with Crippen LogP contribution in [0.1, 0.15) is 57.4 Å². The number of fused-ring (bicyclic) bond motifs is 1. The smallest absolute Gasteiger partial charge is 0.337 e. The number of nitrogens with one attached hydrogen (secondary N) is 1. The van der Waals surface area contributed by atoms with E-state index >= 15 is 0 Å². The van der Waals surface area contributed by atoms with Crippen molar-refractivity contribution in [2.45, 2.75) is 58.3 Å². The third-order valence-corrected chi connectivity index (χ3v) is 4.17. The molecule has 1 N–H and O–H groups in total. The number of aromatic nitrogens is 2. The monoisotopic (exact) mass is 331 g/mol. The molecule has 1 aliphatic rings. The van der Waals surface area contributed by atoms with E-state index in [1.165, 1.54) is 12.5 Å². The molecule has 0 bridgehead atoms. The van der Waals surface area contributed by atoms with Crippen LogP contribution in [-0.4, -0.2) is 15.7 Å². The Kier molecular flexibility index (Phi) is 5.08. The van der Waals surface area contributed by atoms with Gasteiger partial charge in [-0.1, -0.05) is 24.9 Å². The molecule has 0 aliphatic heterocycles. The molecule has 1 fully saturated rings. The molecule has 0 aromatic carbocycles. The highest BCUT2D eigenvalue weighted by molar-refractivity contribution is 5.84. The second kappa shape index (κ2) is 7.42. The van der Waals surface area contributed by atoms with Crippen molar-refractivity contribution >= 4 is 16.8 Å². The van der Waals surface area contributed by atoms with Crippen LogP contribution in [0, 0.1) is 0 Å². The van der Waals surface area contributed by atoms with Crippen LogP contribution in [0.25, 0.3) is 11.1 Å². The fraction of sp³-hybridized carbons (Fsp3) is 0.529. The number of H-pyrrole nitrogens is 1. The summed E-state index contributed by atoms with van der Waals surface area (Å²) in [5.74, 6) is 0. The van der Waals surface area contributed by atoms with Crippen molar-refractivity contribution in [3.05, 3.63) is 32.4 Å². The maximum Gasteiger partial charge on any atom is 0.337 e. The largest absolute Gasteiger partial charge is 0.403 e. The minimum absolute atomic E-state index is 0.00352. The first-order valence-corrected chi connectivity index (χ1v) is 8.47. The number of hydrogen-bond donors (Lipinski definition) is 1. The lowest BCUT2D eigenvalue weighted by molar-refractivity contribution is 0.307. The van der Waals surface area contributed by atoms with Gasteiger partial charge in [-0.2, -0.15) is 4.98 Å². The quantitative estimate of drug-likeness (QED) is 0.850. The summed E-state index contributed by atoms with van der Waals surface area (Å²) in [6, 6.07) is 1.30. The van der Waals surface area contributed by atoms with Gasteiger partial charge in [0.15, 0.2) is 0 Å². The number of hydrogen-bond acceptors (Lipinski definition) is 6. The number of aryl methyl sites for hydroxylation is 1. The molecular formula is C17H21N3O4. The van der Waals surface area contributed by atoms with Crippen LogP contribution in [0.3, 0.4) is 0 Å². The third-order valence-electron chi connectivity index (χ3n) is 4.17.